The van der Waals surface area contributed by atoms with Crippen molar-refractivity contribution in [2.45, 2.75) is 45.6 Å². The van der Waals surface area contributed by atoms with Crippen molar-refractivity contribution >= 4 is 0 Å². The third-order valence-electron chi connectivity index (χ3n) is 3.98. The third kappa shape index (κ3) is 2.37. The molecule has 2 atom stereocenters. The first-order valence-corrected chi connectivity index (χ1v) is 6.81. The van der Waals surface area contributed by atoms with Crippen LogP contribution in [0.5, 0.6) is 0 Å². The zero-order chi connectivity index (χ0) is 11.7. The summed E-state index contributed by atoms with van der Waals surface area (Å²) in [4.78, 5) is 0. The first-order chi connectivity index (χ1) is 8.33. The Labute approximate surface area is 102 Å². The Kier molecular flexibility index (Phi) is 3.14. The standard InChI is InChI=1S/C13H21N3O/c1-10-4-5-12-14-15-13(16(12)8-10)7-11-3-2-6-17-9-11/h10-11H,2-9H2,1H3. The molecule has 2 aliphatic heterocycles. The molecule has 0 spiro atoms. The largest absolute Gasteiger partial charge is 0.381 e. The minimum absolute atomic E-state index is 0.647. The summed E-state index contributed by atoms with van der Waals surface area (Å²) in [6.07, 6.45) is 5.86. The van der Waals surface area contributed by atoms with Gasteiger partial charge in [0.2, 0.25) is 0 Å². The predicted octanol–water partition coefficient (Wildman–Crippen LogP) is 1.83. The highest BCUT2D eigenvalue weighted by molar-refractivity contribution is 5.01. The molecule has 0 bridgehead atoms. The van der Waals surface area contributed by atoms with Crippen LogP contribution in [0.1, 0.15) is 37.8 Å². The highest BCUT2D eigenvalue weighted by atomic mass is 16.5. The van der Waals surface area contributed by atoms with E-state index in [-0.39, 0.29) is 0 Å². The van der Waals surface area contributed by atoms with Crippen molar-refractivity contribution in [3.63, 3.8) is 0 Å². The highest BCUT2D eigenvalue weighted by Crippen LogP contribution is 2.23. The molecule has 0 saturated carbocycles. The predicted molar refractivity (Wildman–Crippen MR) is 64.8 cm³/mol. The Morgan fingerprint density at radius 1 is 1.35 bits per heavy atom. The van der Waals surface area contributed by atoms with Crippen molar-refractivity contribution in [2.75, 3.05) is 13.2 Å². The van der Waals surface area contributed by atoms with Gasteiger partial charge in [-0.25, -0.2) is 0 Å². The molecule has 4 heteroatoms. The zero-order valence-corrected chi connectivity index (χ0v) is 10.6. The van der Waals surface area contributed by atoms with E-state index < -0.39 is 0 Å². The van der Waals surface area contributed by atoms with Gasteiger partial charge in [0.05, 0.1) is 0 Å². The summed E-state index contributed by atoms with van der Waals surface area (Å²) in [5, 5.41) is 8.71. The van der Waals surface area contributed by atoms with E-state index in [4.69, 9.17) is 4.74 Å². The summed E-state index contributed by atoms with van der Waals surface area (Å²) < 4.78 is 7.89. The van der Waals surface area contributed by atoms with Crippen molar-refractivity contribution in [3.8, 4) is 0 Å². The lowest BCUT2D eigenvalue weighted by Crippen LogP contribution is -2.24. The van der Waals surface area contributed by atoms with E-state index in [1.165, 1.54) is 30.9 Å². The molecule has 0 radical (unpaired) electrons. The van der Waals surface area contributed by atoms with Crippen LogP contribution in [0.15, 0.2) is 0 Å². The number of aryl methyl sites for hydroxylation is 1. The van der Waals surface area contributed by atoms with E-state index in [0.717, 1.165) is 38.5 Å². The average molecular weight is 235 g/mol. The van der Waals surface area contributed by atoms with E-state index >= 15 is 0 Å². The molecule has 1 saturated heterocycles. The second-order valence-corrected chi connectivity index (χ2v) is 5.57. The van der Waals surface area contributed by atoms with Crippen LogP contribution in [0.2, 0.25) is 0 Å². The van der Waals surface area contributed by atoms with Gasteiger partial charge < -0.3 is 9.30 Å². The number of hydrogen-bond acceptors (Lipinski definition) is 3. The fourth-order valence-corrected chi connectivity index (χ4v) is 2.92. The van der Waals surface area contributed by atoms with Gasteiger partial charge in [0.15, 0.2) is 0 Å². The summed E-state index contributed by atoms with van der Waals surface area (Å²) >= 11 is 0. The molecule has 0 aliphatic carbocycles. The van der Waals surface area contributed by atoms with Gasteiger partial charge in [0, 0.05) is 32.6 Å². The highest BCUT2D eigenvalue weighted by Gasteiger charge is 2.23. The number of hydrogen-bond donors (Lipinski definition) is 0. The Balaban J connectivity index is 1.72. The molecular formula is C13H21N3O. The molecule has 2 aliphatic rings. The van der Waals surface area contributed by atoms with Gasteiger partial charge in [-0.05, 0) is 31.1 Å². The molecule has 1 fully saturated rings. The molecular weight excluding hydrogens is 214 g/mol. The van der Waals surface area contributed by atoms with Gasteiger partial charge in [-0.3, -0.25) is 0 Å². The van der Waals surface area contributed by atoms with E-state index in [1.54, 1.807) is 0 Å². The van der Waals surface area contributed by atoms with Gasteiger partial charge in [-0.2, -0.15) is 0 Å². The molecule has 0 amide bonds. The van der Waals surface area contributed by atoms with Crippen molar-refractivity contribution in [1.82, 2.24) is 14.8 Å². The molecule has 17 heavy (non-hydrogen) atoms. The monoisotopic (exact) mass is 235 g/mol. The van der Waals surface area contributed by atoms with Crippen LogP contribution in [0.25, 0.3) is 0 Å². The normalized spacial score (nSPS) is 29.0. The quantitative estimate of drug-likeness (QED) is 0.785. The average Bonchev–Trinajstić information content (AvgIpc) is 2.73. The Morgan fingerprint density at radius 3 is 3.12 bits per heavy atom. The van der Waals surface area contributed by atoms with Crippen molar-refractivity contribution in [2.24, 2.45) is 11.8 Å². The number of fused-ring (bicyclic) bond motifs is 1. The van der Waals surface area contributed by atoms with Crippen LogP contribution in [0, 0.1) is 11.8 Å². The number of rotatable bonds is 2. The maximum atomic E-state index is 5.54. The van der Waals surface area contributed by atoms with Gasteiger partial charge >= 0.3 is 0 Å². The van der Waals surface area contributed by atoms with Crippen LogP contribution in [0.3, 0.4) is 0 Å². The van der Waals surface area contributed by atoms with E-state index in [0.29, 0.717) is 5.92 Å². The Bertz CT molecular complexity index is 382. The van der Waals surface area contributed by atoms with Crippen molar-refractivity contribution in [3.05, 3.63) is 11.6 Å². The summed E-state index contributed by atoms with van der Waals surface area (Å²) in [5.41, 5.74) is 0. The van der Waals surface area contributed by atoms with Gasteiger partial charge in [0.1, 0.15) is 11.6 Å². The molecule has 94 valence electrons. The van der Waals surface area contributed by atoms with Crippen LogP contribution >= 0.6 is 0 Å². The van der Waals surface area contributed by atoms with E-state index in [9.17, 15) is 0 Å². The Hall–Kier alpha value is -0.900. The molecule has 3 rings (SSSR count). The minimum Gasteiger partial charge on any atom is -0.381 e. The molecule has 1 aromatic rings. The molecule has 2 unspecified atom stereocenters. The Morgan fingerprint density at radius 2 is 2.29 bits per heavy atom. The fourth-order valence-electron chi connectivity index (χ4n) is 2.92. The lowest BCUT2D eigenvalue weighted by Gasteiger charge is -2.24. The van der Waals surface area contributed by atoms with Gasteiger partial charge in [-0.15, -0.1) is 10.2 Å². The molecule has 0 aromatic carbocycles. The maximum absolute atomic E-state index is 5.54. The van der Waals surface area contributed by atoms with Crippen molar-refractivity contribution < 1.29 is 4.74 Å². The van der Waals surface area contributed by atoms with Crippen LogP contribution < -0.4 is 0 Å². The minimum atomic E-state index is 0.647. The lowest BCUT2D eigenvalue weighted by atomic mass is 9.97. The molecule has 3 heterocycles. The lowest BCUT2D eigenvalue weighted by molar-refractivity contribution is 0.0538. The summed E-state index contributed by atoms with van der Waals surface area (Å²) in [6, 6.07) is 0. The van der Waals surface area contributed by atoms with Crippen molar-refractivity contribution in [1.29, 1.82) is 0 Å². The number of ether oxygens (including phenoxy) is 1. The van der Waals surface area contributed by atoms with E-state index in [2.05, 4.69) is 21.7 Å². The van der Waals surface area contributed by atoms with E-state index in [1.807, 2.05) is 0 Å². The van der Waals surface area contributed by atoms with Crippen LogP contribution in [0.4, 0.5) is 0 Å². The zero-order valence-electron chi connectivity index (χ0n) is 10.6. The molecule has 4 nitrogen and oxygen atoms in total. The molecule has 1 aromatic heterocycles. The summed E-state index contributed by atoms with van der Waals surface area (Å²) in [6.45, 7) is 5.25. The van der Waals surface area contributed by atoms with Gasteiger partial charge in [0.25, 0.3) is 0 Å². The summed E-state index contributed by atoms with van der Waals surface area (Å²) in [5.74, 6) is 3.78. The molecule has 0 N–H and O–H groups in total. The third-order valence-corrected chi connectivity index (χ3v) is 3.98. The first kappa shape index (κ1) is 11.2. The second-order valence-electron chi connectivity index (χ2n) is 5.57. The number of nitrogens with zero attached hydrogens (tertiary/aromatic N) is 3. The smallest absolute Gasteiger partial charge is 0.133 e. The summed E-state index contributed by atoms with van der Waals surface area (Å²) in [7, 11) is 0. The maximum Gasteiger partial charge on any atom is 0.133 e. The number of aromatic nitrogens is 3. The second kappa shape index (κ2) is 4.77. The first-order valence-electron chi connectivity index (χ1n) is 6.81. The fraction of sp³-hybridized carbons (Fsp3) is 0.846. The van der Waals surface area contributed by atoms with Crippen LogP contribution in [-0.2, 0) is 24.1 Å². The van der Waals surface area contributed by atoms with Crippen LogP contribution in [-0.4, -0.2) is 28.0 Å². The SMILES string of the molecule is CC1CCc2nnc(CC3CCCOC3)n2C1. The van der Waals surface area contributed by atoms with Gasteiger partial charge in [-0.1, -0.05) is 6.92 Å². The topological polar surface area (TPSA) is 39.9 Å².